The normalized spacial score (nSPS) is 10.5. The Hall–Kier alpha value is -2.08. The lowest BCUT2D eigenvalue weighted by molar-refractivity contribution is 0.0689. The van der Waals surface area contributed by atoms with Crippen LogP contribution in [0.1, 0.15) is 22.6 Å². The van der Waals surface area contributed by atoms with Gasteiger partial charge in [0, 0.05) is 18.0 Å². The van der Waals surface area contributed by atoms with E-state index in [0.29, 0.717) is 30.3 Å². The van der Waals surface area contributed by atoms with Gasteiger partial charge in [-0.05, 0) is 31.2 Å². The maximum absolute atomic E-state index is 10.8. The number of aryl methyl sites for hydroxylation is 1. The highest BCUT2D eigenvalue weighted by atomic mass is 35.5. The van der Waals surface area contributed by atoms with Crippen LogP contribution in [0.15, 0.2) is 24.3 Å². The van der Waals surface area contributed by atoms with Gasteiger partial charge in [-0.15, -0.1) is 5.10 Å². The van der Waals surface area contributed by atoms with Gasteiger partial charge in [-0.2, -0.15) is 0 Å². The van der Waals surface area contributed by atoms with Crippen LogP contribution in [0.25, 0.3) is 0 Å². The molecule has 7 heteroatoms. The van der Waals surface area contributed by atoms with Crippen LogP contribution in [-0.2, 0) is 6.54 Å². The van der Waals surface area contributed by atoms with Gasteiger partial charge in [0.05, 0.1) is 12.3 Å². The molecule has 20 heavy (non-hydrogen) atoms. The smallest absolute Gasteiger partial charge is 0.358 e. The van der Waals surface area contributed by atoms with Crippen molar-refractivity contribution < 1.29 is 14.6 Å². The summed E-state index contributed by atoms with van der Waals surface area (Å²) < 4.78 is 7.10. The summed E-state index contributed by atoms with van der Waals surface area (Å²) in [6.07, 6.45) is 0.700. The van der Waals surface area contributed by atoms with Gasteiger partial charge in [-0.3, -0.25) is 0 Å². The van der Waals surface area contributed by atoms with Gasteiger partial charge in [0.15, 0.2) is 5.69 Å². The summed E-state index contributed by atoms with van der Waals surface area (Å²) in [5, 5.41) is 17.0. The molecule has 2 rings (SSSR count). The highest BCUT2D eigenvalue weighted by Gasteiger charge is 2.14. The molecule has 0 fully saturated rings. The summed E-state index contributed by atoms with van der Waals surface area (Å²) in [5.41, 5.74) is 0.535. The van der Waals surface area contributed by atoms with E-state index >= 15 is 0 Å². The molecule has 0 aliphatic heterocycles. The number of hydrogen-bond acceptors (Lipinski definition) is 4. The lowest BCUT2D eigenvalue weighted by Crippen LogP contribution is -2.08. The average molecular weight is 296 g/mol. The molecule has 2 aromatic rings. The number of halogens is 1. The van der Waals surface area contributed by atoms with E-state index in [0.717, 1.165) is 5.75 Å². The minimum absolute atomic E-state index is 0.0105. The quantitative estimate of drug-likeness (QED) is 0.828. The number of carbonyl (C=O) groups is 1. The van der Waals surface area contributed by atoms with Gasteiger partial charge in [0.1, 0.15) is 5.75 Å². The number of rotatable bonds is 6. The monoisotopic (exact) mass is 295 g/mol. The molecule has 0 unspecified atom stereocenters. The molecule has 0 aliphatic rings. The number of hydrogen-bond donors (Lipinski definition) is 1. The first-order chi connectivity index (χ1) is 9.58. The molecular weight excluding hydrogens is 282 g/mol. The van der Waals surface area contributed by atoms with E-state index in [1.54, 1.807) is 35.9 Å². The Morgan fingerprint density at radius 3 is 2.70 bits per heavy atom. The number of carboxylic acids is 1. The third-order valence-electron chi connectivity index (χ3n) is 2.78. The predicted octanol–water partition coefficient (Wildman–Crippen LogP) is 2.41. The molecular formula is C13H14ClN3O3. The molecule has 1 aromatic carbocycles. The molecule has 106 valence electrons. The highest BCUT2D eigenvalue weighted by molar-refractivity contribution is 6.30. The Kier molecular flexibility index (Phi) is 4.57. The zero-order valence-corrected chi connectivity index (χ0v) is 11.7. The summed E-state index contributed by atoms with van der Waals surface area (Å²) in [6.45, 7) is 2.74. The molecule has 0 atom stereocenters. The van der Waals surface area contributed by atoms with Crippen molar-refractivity contribution in [2.75, 3.05) is 6.61 Å². The largest absolute Gasteiger partial charge is 0.494 e. The van der Waals surface area contributed by atoms with Crippen LogP contribution < -0.4 is 4.74 Å². The molecule has 6 nitrogen and oxygen atoms in total. The summed E-state index contributed by atoms with van der Waals surface area (Å²) >= 11 is 5.78. The maximum Gasteiger partial charge on any atom is 0.358 e. The van der Waals surface area contributed by atoms with Crippen molar-refractivity contribution in [1.82, 2.24) is 15.0 Å². The van der Waals surface area contributed by atoms with Gasteiger partial charge in [0.25, 0.3) is 0 Å². The van der Waals surface area contributed by atoms with E-state index in [1.165, 1.54) is 0 Å². The zero-order valence-electron chi connectivity index (χ0n) is 10.9. The van der Waals surface area contributed by atoms with E-state index < -0.39 is 5.97 Å². The van der Waals surface area contributed by atoms with Crippen LogP contribution in [0, 0.1) is 6.92 Å². The summed E-state index contributed by atoms with van der Waals surface area (Å²) in [7, 11) is 0. The van der Waals surface area contributed by atoms with Crippen molar-refractivity contribution >= 4 is 17.6 Å². The third kappa shape index (κ3) is 3.48. The molecule has 0 spiro atoms. The first-order valence-corrected chi connectivity index (χ1v) is 6.47. The molecule has 0 bridgehead atoms. The Bertz CT molecular complexity index is 595. The lowest BCUT2D eigenvalue weighted by Gasteiger charge is -2.06. The predicted molar refractivity (Wildman–Crippen MR) is 73.3 cm³/mol. The number of aromatic carboxylic acids is 1. The number of ether oxygens (including phenoxy) is 1. The second-order valence-corrected chi connectivity index (χ2v) is 4.64. The SMILES string of the molecule is Cc1c(C(=O)O)nnn1CCCOc1ccc(Cl)cc1. The number of benzene rings is 1. The van der Waals surface area contributed by atoms with E-state index in [9.17, 15) is 4.79 Å². The summed E-state index contributed by atoms with van der Waals surface area (Å²) in [6, 6.07) is 7.12. The Balaban J connectivity index is 1.81. The van der Waals surface area contributed by atoms with E-state index in [4.69, 9.17) is 21.4 Å². The number of aromatic nitrogens is 3. The second-order valence-electron chi connectivity index (χ2n) is 4.21. The molecule has 1 aromatic heterocycles. The number of carboxylic acid groups (broad SMARTS) is 1. The van der Waals surface area contributed by atoms with Gasteiger partial charge in [-0.1, -0.05) is 16.8 Å². The minimum Gasteiger partial charge on any atom is -0.494 e. The van der Waals surface area contributed by atoms with Crippen molar-refractivity contribution in [1.29, 1.82) is 0 Å². The summed E-state index contributed by atoms with van der Waals surface area (Å²) in [5.74, 6) is -0.317. The van der Waals surface area contributed by atoms with Gasteiger partial charge >= 0.3 is 5.97 Å². The fourth-order valence-electron chi connectivity index (χ4n) is 1.71. The van der Waals surface area contributed by atoms with Crippen molar-refractivity contribution in [3.63, 3.8) is 0 Å². The lowest BCUT2D eigenvalue weighted by atomic mass is 10.3. The molecule has 0 radical (unpaired) electrons. The van der Waals surface area contributed by atoms with Crippen LogP contribution in [-0.4, -0.2) is 32.7 Å². The van der Waals surface area contributed by atoms with E-state index in [-0.39, 0.29) is 5.69 Å². The molecule has 0 amide bonds. The molecule has 0 aliphatic carbocycles. The van der Waals surface area contributed by atoms with Crippen molar-refractivity contribution in [2.45, 2.75) is 19.9 Å². The second kappa shape index (κ2) is 6.38. The van der Waals surface area contributed by atoms with E-state index in [2.05, 4.69) is 10.3 Å². The van der Waals surface area contributed by atoms with Crippen LogP contribution >= 0.6 is 11.6 Å². The molecule has 0 saturated carbocycles. The van der Waals surface area contributed by atoms with Crippen molar-refractivity contribution in [2.24, 2.45) is 0 Å². The van der Waals surface area contributed by atoms with Gasteiger partial charge < -0.3 is 9.84 Å². The Labute approximate surface area is 120 Å². The van der Waals surface area contributed by atoms with Crippen LogP contribution in [0.3, 0.4) is 0 Å². The standard InChI is InChI=1S/C13H14ClN3O3/c1-9-12(13(18)19)15-16-17(9)7-2-8-20-11-5-3-10(14)4-6-11/h3-6H,2,7-8H2,1H3,(H,18,19). The summed E-state index contributed by atoms with van der Waals surface area (Å²) in [4.78, 5) is 10.8. The maximum atomic E-state index is 10.8. The fraction of sp³-hybridized carbons (Fsp3) is 0.308. The van der Waals surface area contributed by atoms with Crippen molar-refractivity contribution in [3.05, 3.63) is 40.7 Å². The zero-order chi connectivity index (χ0) is 14.5. The first-order valence-electron chi connectivity index (χ1n) is 6.09. The first kappa shape index (κ1) is 14.3. The molecule has 1 N–H and O–H groups in total. The third-order valence-corrected chi connectivity index (χ3v) is 3.03. The minimum atomic E-state index is -1.06. The van der Waals surface area contributed by atoms with Gasteiger partial charge in [0.2, 0.25) is 0 Å². The molecule has 0 saturated heterocycles. The van der Waals surface area contributed by atoms with E-state index in [1.807, 2.05) is 0 Å². The topological polar surface area (TPSA) is 77.2 Å². The Morgan fingerprint density at radius 2 is 2.10 bits per heavy atom. The van der Waals surface area contributed by atoms with Crippen molar-refractivity contribution in [3.8, 4) is 5.75 Å². The highest BCUT2D eigenvalue weighted by Crippen LogP contribution is 2.15. The molecule has 1 heterocycles. The van der Waals surface area contributed by atoms with Crippen LogP contribution in [0.5, 0.6) is 5.75 Å². The van der Waals surface area contributed by atoms with Gasteiger partial charge in [-0.25, -0.2) is 9.48 Å². The van der Waals surface area contributed by atoms with Crippen LogP contribution in [0.4, 0.5) is 0 Å². The van der Waals surface area contributed by atoms with Crippen LogP contribution in [0.2, 0.25) is 5.02 Å². The number of nitrogens with zero attached hydrogens (tertiary/aromatic N) is 3. The fourth-order valence-corrected chi connectivity index (χ4v) is 1.83. The Morgan fingerprint density at radius 1 is 1.40 bits per heavy atom. The average Bonchev–Trinajstić information content (AvgIpc) is 2.78.